The highest BCUT2D eigenvalue weighted by Crippen LogP contribution is 2.21. The highest BCUT2D eigenvalue weighted by Gasteiger charge is 2.26. The van der Waals surface area contributed by atoms with Crippen LogP contribution in [0.5, 0.6) is 0 Å². The van der Waals surface area contributed by atoms with Gasteiger partial charge in [0.25, 0.3) is 0 Å². The smallest absolute Gasteiger partial charge is 0.319 e. The number of nitrogens with one attached hydrogen (secondary N) is 2. The summed E-state index contributed by atoms with van der Waals surface area (Å²) in [5, 5.41) is 5.61. The number of primary amides is 1. The van der Waals surface area contributed by atoms with Gasteiger partial charge >= 0.3 is 6.03 Å². The van der Waals surface area contributed by atoms with Crippen LogP contribution < -0.4 is 16.4 Å². The Kier molecular flexibility index (Phi) is 5.57. The van der Waals surface area contributed by atoms with Gasteiger partial charge in [-0.2, -0.15) is 0 Å². The number of carbonyl (C=O) groups excluding carboxylic acids is 2. The van der Waals surface area contributed by atoms with Crippen molar-refractivity contribution < 1.29 is 14.3 Å². The molecule has 0 aliphatic carbocycles. The molecule has 0 unspecified atom stereocenters. The molecule has 0 radical (unpaired) electrons. The highest BCUT2D eigenvalue weighted by atomic mass is 16.5. The molecule has 6 nitrogen and oxygen atoms in total. The minimum atomic E-state index is -0.411. The Morgan fingerprint density at radius 2 is 1.90 bits per heavy atom. The monoisotopic (exact) mass is 291 g/mol. The Morgan fingerprint density at radius 3 is 2.52 bits per heavy atom. The van der Waals surface area contributed by atoms with Gasteiger partial charge in [0.05, 0.1) is 0 Å². The summed E-state index contributed by atoms with van der Waals surface area (Å²) in [6.07, 6.45) is 1.79. The molecule has 1 atom stereocenters. The second-order valence-corrected chi connectivity index (χ2v) is 5.19. The Labute approximate surface area is 124 Å². The molecule has 1 fully saturated rings. The van der Waals surface area contributed by atoms with Crippen molar-refractivity contribution in [1.82, 2.24) is 5.32 Å². The molecule has 1 aliphatic heterocycles. The number of benzene rings is 1. The standard InChI is InChI=1S/C15H21N3O3/c16-14(19)10-13(11-6-8-21-9-7-11)18-15(20)17-12-4-2-1-3-5-12/h1-5,11,13H,6-10H2,(H2,16,19)(H2,17,18,20)/t13-/m1/s1. The molecule has 4 N–H and O–H groups in total. The lowest BCUT2D eigenvalue weighted by molar-refractivity contribution is -0.118. The van der Waals surface area contributed by atoms with Gasteiger partial charge in [0.1, 0.15) is 0 Å². The number of carbonyl (C=O) groups is 2. The van der Waals surface area contributed by atoms with Crippen LogP contribution in [0.1, 0.15) is 19.3 Å². The summed E-state index contributed by atoms with van der Waals surface area (Å²) in [6.45, 7) is 1.31. The number of anilines is 1. The zero-order valence-electron chi connectivity index (χ0n) is 11.9. The number of para-hydroxylation sites is 1. The zero-order valence-corrected chi connectivity index (χ0v) is 11.9. The average Bonchev–Trinajstić information content (AvgIpc) is 2.48. The van der Waals surface area contributed by atoms with Crippen LogP contribution in [0, 0.1) is 5.92 Å². The Morgan fingerprint density at radius 1 is 1.24 bits per heavy atom. The van der Waals surface area contributed by atoms with Gasteiger partial charge in [-0.15, -0.1) is 0 Å². The highest BCUT2D eigenvalue weighted by molar-refractivity contribution is 5.89. The molecule has 6 heteroatoms. The zero-order chi connectivity index (χ0) is 15.1. The van der Waals surface area contributed by atoms with E-state index in [-0.39, 0.29) is 24.4 Å². The van der Waals surface area contributed by atoms with Crippen molar-refractivity contribution in [3.63, 3.8) is 0 Å². The Bertz CT molecular complexity index is 472. The number of amides is 3. The van der Waals surface area contributed by atoms with E-state index in [1.54, 1.807) is 12.1 Å². The van der Waals surface area contributed by atoms with Crippen molar-refractivity contribution in [2.45, 2.75) is 25.3 Å². The van der Waals surface area contributed by atoms with E-state index in [2.05, 4.69) is 10.6 Å². The third-order valence-corrected chi connectivity index (χ3v) is 3.60. The van der Waals surface area contributed by atoms with E-state index in [9.17, 15) is 9.59 Å². The third kappa shape index (κ3) is 5.07. The van der Waals surface area contributed by atoms with Crippen LogP contribution >= 0.6 is 0 Å². The predicted molar refractivity (Wildman–Crippen MR) is 79.7 cm³/mol. The molecular weight excluding hydrogens is 270 g/mol. The van der Waals surface area contributed by atoms with Crippen molar-refractivity contribution >= 4 is 17.6 Å². The van der Waals surface area contributed by atoms with Crippen LogP contribution in [0.2, 0.25) is 0 Å². The van der Waals surface area contributed by atoms with E-state index in [0.717, 1.165) is 12.8 Å². The predicted octanol–water partition coefficient (Wildman–Crippen LogP) is 1.48. The molecule has 114 valence electrons. The summed E-state index contributed by atoms with van der Waals surface area (Å²) in [7, 11) is 0. The second kappa shape index (κ2) is 7.64. The summed E-state index contributed by atoms with van der Waals surface area (Å²) in [5.74, 6) is -0.195. The van der Waals surface area contributed by atoms with Gasteiger partial charge in [-0.1, -0.05) is 18.2 Å². The summed E-state index contributed by atoms with van der Waals surface area (Å²) in [6, 6.07) is 8.59. The molecule has 2 rings (SSSR count). The molecule has 21 heavy (non-hydrogen) atoms. The minimum Gasteiger partial charge on any atom is -0.381 e. The number of ether oxygens (including phenoxy) is 1. The quantitative estimate of drug-likeness (QED) is 0.767. The largest absolute Gasteiger partial charge is 0.381 e. The summed E-state index contributed by atoms with van der Waals surface area (Å²) >= 11 is 0. The lowest BCUT2D eigenvalue weighted by Crippen LogP contribution is -2.46. The molecule has 3 amide bonds. The molecular formula is C15H21N3O3. The first kappa shape index (κ1) is 15.3. The van der Waals surface area contributed by atoms with Gasteiger partial charge in [-0.05, 0) is 30.9 Å². The van der Waals surface area contributed by atoms with Crippen LogP contribution in [0.4, 0.5) is 10.5 Å². The number of nitrogens with two attached hydrogens (primary N) is 1. The molecule has 1 heterocycles. The fourth-order valence-electron chi connectivity index (χ4n) is 2.53. The minimum absolute atomic E-state index is 0.146. The molecule has 1 aliphatic rings. The molecule has 0 bridgehead atoms. The van der Waals surface area contributed by atoms with Crippen molar-refractivity contribution in [3.05, 3.63) is 30.3 Å². The van der Waals surface area contributed by atoms with Crippen LogP contribution in [-0.4, -0.2) is 31.2 Å². The van der Waals surface area contributed by atoms with Crippen molar-refractivity contribution in [3.8, 4) is 0 Å². The van der Waals surface area contributed by atoms with Crippen LogP contribution in [0.25, 0.3) is 0 Å². The van der Waals surface area contributed by atoms with E-state index in [4.69, 9.17) is 10.5 Å². The average molecular weight is 291 g/mol. The lowest BCUT2D eigenvalue weighted by atomic mass is 9.89. The number of rotatable bonds is 5. The first-order valence-electron chi connectivity index (χ1n) is 7.14. The molecule has 0 saturated carbocycles. The third-order valence-electron chi connectivity index (χ3n) is 3.60. The maximum Gasteiger partial charge on any atom is 0.319 e. The van der Waals surface area contributed by atoms with Gasteiger partial charge < -0.3 is 21.1 Å². The van der Waals surface area contributed by atoms with Crippen molar-refractivity contribution in [2.75, 3.05) is 18.5 Å². The molecule has 0 spiro atoms. The topological polar surface area (TPSA) is 93.5 Å². The van der Waals surface area contributed by atoms with Gasteiger partial charge in [0, 0.05) is 31.4 Å². The fourth-order valence-corrected chi connectivity index (χ4v) is 2.53. The maximum absolute atomic E-state index is 12.0. The number of hydrogen-bond donors (Lipinski definition) is 3. The maximum atomic E-state index is 12.0. The van der Waals surface area contributed by atoms with Gasteiger partial charge in [-0.3, -0.25) is 4.79 Å². The van der Waals surface area contributed by atoms with E-state index < -0.39 is 5.91 Å². The van der Waals surface area contributed by atoms with Crippen LogP contribution in [0.3, 0.4) is 0 Å². The van der Waals surface area contributed by atoms with Gasteiger partial charge in [0.15, 0.2) is 0 Å². The summed E-state index contributed by atoms with van der Waals surface area (Å²) in [5.41, 5.74) is 5.99. The van der Waals surface area contributed by atoms with Crippen molar-refractivity contribution in [1.29, 1.82) is 0 Å². The molecule has 0 aromatic heterocycles. The first-order chi connectivity index (χ1) is 10.1. The summed E-state index contributed by atoms with van der Waals surface area (Å²) in [4.78, 5) is 23.3. The van der Waals surface area contributed by atoms with E-state index in [1.807, 2.05) is 18.2 Å². The fraction of sp³-hybridized carbons (Fsp3) is 0.467. The Hall–Kier alpha value is -2.08. The van der Waals surface area contributed by atoms with Crippen LogP contribution in [0.15, 0.2) is 30.3 Å². The van der Waals surface area contributed by atoms with Gasteiger partial charge in [-0.25, -0.2) is 4.79 Å². The SMILES string of the molecule is NC(=O)C[C@@H](NC(=O)Nc1ccccc1)C1CCOCC1. The van der Waals surface area contributed by atoms with E-state index >= 15 is 0 Å². The van der Waals surface area contributed by atoms with Gasteiger partial charge in [0.2, 0.25) is 5.91 Å². The van der Waals surface area contributed by atoms with E-state index in [1.165, 1.54) is 0 Å². The Balaban J connectivity index is 1.93. The second-order valence-electron chi connectivity index (χ2n) is 5.19. The molecule has 1 aromatic carbocycles. The first-order valence-corrected chi connectivity index (χ1v) is 7.14. The number of urea groups is 1. The number of hydrogen-bond acceptors (Lipinski definition) is 3. The lowest BCUT2D eigenvalue weighted by Gasteiger charge is -2.30. The van der Waals surface area contributed by atoms with E-state index in [0.29, 0.717) is 18.9 Å². The molecule has 1 saturated heterocycles. The van der Waals surface area contributed by atoms with Crippen molar-refractivity contribution in [2.24, 2.45) is 11.7 Å². The summed E-state index contributed by atoms with van der Waals surface area (Å²) < 4.78 is 5.31. The molecule has 1 aromatic rings. The van der Waals surface area contributed by atoms with Crippen LogP contribution in [-0.2, 0) is 9.53 Å². The normalized spacial score (nSPS) is 17.0.